The number of nitrogens with zero attached hydrogens (tertiary/aromatic N) is 1. The summed E-state index contributed by atoms with van der Waals surface area (Å²) in [6, 6.07) is 12.5. The molecule has 2 heterocycles. The number of aromatic nitrogens is 1. The summed E-state index contributed by atoms with van der Waals surface area (Å²) < 4.78 is 5.77. The summed E-state index contributed by atoms with van der Waals surface area (Å²) in [6.45, 7) is 1.43. The van der Waals surface area contributed by atoms with E-state index in [9.17, 15) is 9.59 Å². The zero-order chi connectivity index (χ0) is 17.3. The normalized spacial score (nSPS) is 12.1. The third-order valence-electron chi connectivity index (χ3n) is 3.45. The predicted octanol–water partition coefficient (Wildman–Crippen LogP) is 3.65. The van der Waals surface area contributed by atoms with Crippen molar-refractivity contribution in [2.45, 2.75) is 13.0 Å². The van der Waals surface area contributed by atoms with Crippen LogP contribution >= 0.6 is 22.9 Å². The van der Waals surface area contributed by atoms with Crippen molar-refractivity contribution in [2.24, 2.45) is 5.73 Å². The number of primary amides is 1. The topological polar surface area (TPSA) is 82.3 Å². The van der Waals surface area contributed by atoms with Crippen LogP contribution in [0.4, 0.5) is 0 Å². The summed E-state index contributed by atoms with van der Waals surface area (Å²) in [5.41, 5.74) is 6.75. The van der Waals surface area contributed by atoms with Gasteiger partial charge in [-0.2, -0.15) is 0 Å². The highest BCUT2D eigenvalue weighted by molar-refractivity contribution is 7.19. The number of pyridine rings is 1. The van der Waals surface area contributed by atoms with Crippen LogP contribution in [0.2, 0.25) is 4.34 Å². The lowest BCUT2D eigenvalue weighted by atomic mass is 10.1. The monoisotopic (exact) mass is 360 g/mol. The van der Waals surface area contributed by atoms with E-state index in [1.165, 1.54) is 18.3 Å². The number of halogens is 1. The number of ether oxygens (including phenoxy) is 1. The van der Waals surface area contributed by atoms with Crippen molar-refractivity contribution in [3.8, 4) is 10.6 Å². The van der Waals surface area contributed by atoms with Gasteiger partial charge >= 0.3 is 5.97 Å². The third-order valence-corrected chi connectivity index (χ3v) is 4.70. The van der Waals surface area contributed by atoms with Gasteiger partial charge < -0.3 is 10.5 Å². The Hall–Kier alpha value is -2.44. The van der Waals surface area contributed by atoms with Gasteiger partial charge in [-0.25, -0.2) is 9.78 Å². The first-order chi connectivity index (χ1) is 11.5. The molecule has 1 aromatic carbocycles. The first kappa shape index (κ1) is 16.4. The summed E-state index contributed by atoms with van der Waals surface area (Å²) in [6.07, 6.45) is -1.01. The summed E-state index contributed by atoms with van der Waals surface area (Å²) in [4.78, 5) is 29.0. The van der Waals surface area contributed by atoms with Crippen molar-refractivity contribution in [1.82, 2.24) is 4.98 Å². The van der Waals surface area contributed by atoms with Gasteiger partial charge in [-0.1, -0.05) is 29.8 Å². The number of esters is 1. The highest BCUT2D eigenvalue weighted by atomic mass is 35.5. The molecule has 122 valence electrons. The van der Waals surface area contributed by atoms with Crippen LogP contribution in [0, 0.1) is 0 Å². The molecule has 0 radical (unpaired) electrons. The van der Waals surface area contributed by atoms with E-state index in [0.717, 1.165) is 4.88 Å². The number of nitrogens with two attached hydrogens (primary N) is 1. The van der Waals surface area contributed by atoms with Crippen LogP contribution in [0.15, 0.2) is 42.5 Å². The molecule has 0 spiro atoms. The number of carbonyl (C=O) groups excluding carboxylic acids is 2. The van der Waals surface area contributed by atoms with Crippen molar-refractivity contribution >= 4 is 45.7 Å². The quantitative estimate of drug-likeness (QED) is 0.720. The molecular formula is C17H13ClN2O3S. The Balaban J connectivity index is 2.11. The smallest absolute Gasteiger partial charge is 0.339 e. The molecule has 1 amide bonds. The van der Waals surface area contributed by atoms with Crippen LogP contribution in [0.25, 0.3) is 21.5 Å². The predicted molar refractivity (Wildman–Crippen MR) is 94.1 cm³/mol. The van der Waals surface area contributed by atoms with E-state index in [1.807, 2.05) is 18.2 Å². The number of fused-ring (bicyclic) bond motifs is 1. The molecular weight excluding hydrogens is 348 g/mol. The Bertz CT molecular complexity index is 938. The number of rotatable bonds is 4. The van der Waals surface area contributed by atoms with E-state index < -0.39 is 18.0 Å². The lowest BCUT2D eigenvalue weighted by Crippen LogP contribution is -2.30. The Morgan fingerprint density at radius 2 is 2.00 bits per heavy atom. The average Bonchev–Trinajstić information content (AvgIpc) is 3.00. The molecule has 0 aliphatic heterocycles. The molecule has 0 fully saturated rings. The van der Waals surface area contributed by atoms with Crippen molar-refractivity contribution in [3.05, 3.63) is 52.4 Å². The van der Waals surface area contributed by atoms with Crippen molar-refractivity contribution in [3.63, 3.8) is 0 Å². The molecule has 0 unspecified atom stereocenters. The fourth-order valence-electron chi connectivity index (χ4n) is 2.20. The number of amides is 1. The molecule has 0 saturated carbocycles. The molecule has 3 aromatic rings. The van der Waals surface area contributed by atoms with Crippen LogP contribution in [0.5, 0.6) is 0 Å². The average molecular weight is 361 g/mol. The van der Waals surface area contributed by atoms with E-state index in [-0.39, 0.29) is 0 Å². The van der Waals surface area contributed by atoms with Crippen LogP contribution < -0.4 is 5.73 Å². The Morgan fingerprint density at radius 3 is 2.67 bits per heavy atom. The summed E-state index contributed by atoms with van der Waals surface area (Å²) >= 11 is 7.35. The molecule has 0 saturated heterocycles. The van der Waals surface area contributed by atoms with Crippen molar-refractivity contribution < 1.29 is 14.3 Å². The maximum absolute atomic E-state index is 12.5. The van der Waals surface area contributed by atoms with E-state index in [4.69, 9.17) is 22.1 Å². The van der Waals surface area contributed by atoms with Crippen molar-refractivity contribution in [1.29, 1.82) is 0 Å². The molecule has 7 heteroatoms. The van der Waals surface area contributed by atoms with Gasteiger partial charge in [0.1, 0.15) is 0 Å². The van der Waals surface area contributed by atoms with E-state index in [2.05, 4.69) is 4.98 Å². The summed E-state index contributed by atoms with van der Waals surface area (Å²) in [5.74, 6) is -1.32. The molecule has 24 heavy (non-hydrogen) atoms. The van der Waals surface area contributed by atoms with Crippen LogP contribution in [0.3, 0.4) is 0 Å². The standard InChI is InChI=1S/C17H13ClN2O3S/c1-9(16(19)21)23-17(22)11-8-13(14-6-7-15(18)24-14)20-12-5-3-2-4-10(11)12/h2-9H,1H3,(H2,19,21)/t9-/m1/s1. The largest absolute Gasteiger partial charge is 0.449 e. The van der Waals surface area contributed by atoms with Gasteiger partial charge in [0.2, 0.25) is 0 Å². The van der Waals surface area contributed by atoms with E-state index in [0.29, 0.717) is 26.5 Å². The third kappa shape index (κ3) is 3.25. The minimum Gasteiger partial charge on any atom is -0.449 e. The number of hydrogen-bond acceptors (Lipinski definition) is 5. The Morgan fingerprint density at radius 1 is 1.25 bits per heavy atom. The minimum absolute atomic E-state index is 0.327. The molecule has 0 aliphatic rings. The fourth-order valence-corrected chi connectivity index (χ4v) is 3.21. The van der Waals surface area contributed by atoms with Crippen LogP contribution in [-0.2, 0) is 9.53 Å². The molecule has 5 nitrogen and oxygen atoms in total. The summed E-state index contributed by atoms with van der Waals surface area (Å²) in [5, 5.41) is 0.644. The number of para-hydroxylation sites is 1. The van der Waals surface area contributed by atoms with Gasteiger partial charge in [-0.3, -0.25) is 4.79 Å². The van der Waals surface area contributed by atoms with Crippen LogP contribution in [-0.4, -0.2) is 23.0 Å². The van der Waals surface area contributed by atoms with Gasteiger partial charge in [0.25, 0.3) is 5.91 Å². The highest BCUT2D eigenvalue weighted by Crippen LogP contribution is 2.32. The fraction of sp³-hybridized carbons (Fsp3) is 0.118. The SMILES string of the molecule is C[C@@H](OC(=O)c1cc(-c2ccc(Cl)s2)nc2ccccc12)C(N)=O. The molecule has 2 aromatic heterocycles. The molecule has 0 bridgehead atoms. The minimum atomic E-state index is -1.01. The zero-order valence-electron chi connectivity index (χ0n) is 12.7. The van der Waals surface area contributed by atoms with Crippen molar-refractivity contribution in [2.75, 3.05) is 0 Å². The van der Waals surface area contributed by atoms with Gasteiger partial charge in [-0.05, 0) is 31.2 Å². The van der Waals surface area contributed by atoms with E-state index in [1.54, 1.807) is 24.3 Å². The second-order valence-electron chi connectivity index (χ2n) is 5.13. The Kier molecular flexibility index (Phi) is 4.51. The van der Waals surface area contributed by atoms with Gasteiger partial charge in [0.15, 0.2) is 6.10 Å². The lowest BCUT2D eigenvalue weighted by Gasteiger charge is -2.12. The number of benzene rings is 1. The molecule has 0 aliphatic carbocycles. The maximum Gasteiger partial charge on any atom is 0.339 e. The molecule has 2 N–H and O–H groups in total. The second-order valence-corrected chi connectivity index (χ2v) is 6.84. The molecule has 1 atom stereocenters. The maximum atomic E-state index is 12.5. The van der Waals surface area contributed by atoms with Gasteiger partial charge in [0.05, 0.1) is 26.0 Å². The van der Waals surface area contributed by atoms with Crippen LogP contribution in [0.1, 0.15) is 17.3 Å². The summed E-state index contributed by atoms with van der Waals surface area (Å²) in [7, 11) is 0. The first-order valence-electron chi connectivity index (χ1n) is 7.11. The van der Waals surface area contributed by atoms with Gasteiger partial charge in [-0.15, -0.1) is 11.3 Å². The lowest BCUT2D eigenvalue weighted by molar-refractivity contribution is -0.125. The Labute approximate surface area is 147 Å². The second kappa shape index (κ2) is 6.59. The van der Waals surface area contributed by atoms with Gasteiger partial charge in [0, 0.05) is 5.39 Å². The highest BCUT2D eigenvalue weighted by Gasteiger charge is 2.20. The zero-order valence-corrected chi connectivity index (χ0v) is 14.2. The first-order valence-corrected chi connectivity index (χ1v) is 8.31. The van der Waals surface area contributed by atoms with E-state index >= 15 is 0 Å². The number of carbonyl (C=O) groups is 2. The number of hydrogen-bond donors (Lipinski definition) is 1. The molecule has 3 rings (SSSR count). The number of thiophene rings is 1.